The number of rotatable bonds is 3. The van der Waals surface area contributed by atoms with Crippen molar-refractivity contribution >= 4 is 5.97 Å². The lowest BCUT2D eigenvalue weighted by Gasteiger charge is -2.20. The smallest absolute Gasteiger partial charge is 0.314 e. The fourth-order valence-corrected chi connectivity index (χ4v) is 2.27. The van der Waals surface area contributed by atoms with Crippen molar-refractivity contribution in [3.63, 3.8) is 0 Å². The second-order valence-electron chi connectivity index (χ2n) is 4.84. The lowest BCUT2D eigenvalue weighted by atomic mass is 9.89. The quantitative estimate of drug-likeness (QED) is 0.835. The number of aliphatic hydroxyl groups excluding tert-OH is 1. The number of esters is 1. The van der Waals surface area contributed by atoms with Gasteiger partial charge in [0.15, 0.2) is 5.75 Å². The first-order valence-corrected chi connectivity index (χ1v) is 6.49. The molecule has 0 amide bonds. The largest absolute Gasteiger partial charge is 0.424 e. The fourth-order valence-electron chi connectivity index (χ4n) is 2.27. The van der Waals surface area contributed by atoms with Crippen LogP contribution in [-0.4, -0.2) is 16.1 Å². The van der Waals surface area contributed by atoms with Crippen molar-refractivity contribution < 1.29 is 14.6 Å². The molecule has 0 bridgehead atoms. The summed E-state index contributed by atoms with van der Waals surface area (Å²) in [6, 6.07) is 1.68. The van der Waals surface area contributed by atoms with Crippen LogP contribution in [0.15, 0.2) is 12.3 Å². The van der Waals surface area contributed by atoms with Crippen molar-refractivity contribution in [1.82, 2.24) is 4.98 Å². The molecule has 0 saturated heterocycles. The van der Waals surface area contributed by atoms with Crippen molar-refractivity contribution in [1.29, 1.82) is 0 Å². The van der Waals surface area contributed by atoms with Gasteiger partial charge >= 0.3 is 5.97 Å². The minimum atomic E-state index is -0.158. The molecule has 98 valence electrons. The summed E-state index contributed by atoms with van der Waals surface area (Å²) in [5.74, 6) is 0.336. The molecule has 1 fully saturated rings. The summed E-state index contributed by atoms with van der Waals surface area (Å²) in [6.45, 7) is 1.70. The molecule has 1 saturated carbocycles. The zero-order valence-corrected chi connectivity index (χ0v) is 10.7. The van der Waals surface area contributed by atoms with E-state index in [2.05, 4.69) is 4.98 Å². The molecule has 0 aromatic carbocycles. The molecular formula is C14H19NO3. The van der Waals surface area contributed by atoms with Crippen LogP contribution in [-0.2, 0) is 11.4 Å². The number of carbonyl (C=O) groups excluding carboxylic acids is 1. The van der Waals surface area contributed by atoms with Gasteiger partial charge in [0.25, 0.3) is 0 Å². The van der Waals surface area contributed by atoms with Crippen LogP contribution < -0.4 is 4.74 Å². The number of carbonyl (C=O) groups is 1. The third-order valence-electron chi connectivity index (χ3n) is 3.43. The van der Waals surface area contributed by atoms with E-state index in [-0.39, 0.29) is 18.5 Å². The second kappa shape index (κ2) is 5.96. The molecule has 1 aromatic rings. The van der Waals surface area contributed by atoms with Crippen LogP contribution in [0.3, 0.4) is 0 Å². The topological polar surface area (TPSA) is 59.4 Å². The molecule has 1 aliphatic rings. The van der Waals surface area contributed by atoms with Gasteiger partial charge in [-0.1, -0.05) is 19.3 Å². The van der Waals surface area contributed by atoms with Crippen molar-refractivity contribution in [3.05, 3.63) is 23.5 Å². The van der Waals surface area contributed by atoms with Crippen molar-refractivity contribution in [3.8, 4) is 5.75 Å². The van der Waals surface area contributed by atoms with Crippen LogP contribution >= 0.6 is 0 Å². The van der Waals surface area contributed by atoms with Crippen molar-refractivity contribution in [2.45, 2.75) is 45.6 Å². The summed E-state index contributed by atoms with van der Waals surface area (Å²) in [7, 11) is 0. The summed E-state index contributed by atoms with van der Waals surface area (Å²) < 4.78 is 5.41. The van der Waals surface area contributed by atoms with Crippen LogP contribution in [0.4, 0.5) is 0 Å². The van der Waals surface area contributed by atoms with Gasteiger partial charge in [0.05, 0.1) is 18.2 Å². The zero-order chi connectivity index (χ0) is 13.0. The Labute approximate surface area is 107 Å². The van der Waals surface area contributed by atoms with Crippen LogP contribution in [0.1, 0.15) is 43.4 Å². The number of ether oxygens (including phenoxy) is 1. The molecule has 4 nitrogen and oxygen atoms in total. The predicted molar refractivity (Wildman–Crippen MR) is 67.1 cm³/mol. The summed E-state index contributed by atoms with van der Waals surface area (Å²) in [4.78, 5) is 16.1. The van der Waals surface area contributed by atoms with E-state index in [1.807, 2.05) is 0 Å². The fraction of sp³-hybridized carbons (Fsp3) is 0.571. The Morgan fingerprint density at radius 2 is 2.17 bits per heavy atom. The maximum Gasteiger partial charge on any atom is 0.314 e. The molecular weight excluding hydrogens is 230 g/mol. The molecule has 1 N–H and O–H groups in total. The first-order valence-electron chi connectivity index (χ1n) is 6.49. The summed E-state index contributed by atoms with van der Waals surface area (Å²) in [5, 5.41) is 9.06. The van der Waals surface area contributed by atoms with Gasteiger partial charge in [-0.2, -0.15) is 0 Å². The minimum Gasteiger partial charge on any atom is -0.424 e. The van der Waals surface area contributed by atoms with E-state index in [0.29, 0.717) is 17.0 Å². The Morgan fingerprint density at radius 1 is 1.44 bits per heavy atom. The molecule has 4 heteroatoms. The highest BCUT2D eigenvalue weighted by molar-refractivity contribution is 5.75. The van der Waals surface area contributed by atoms with Crippen molar-refractivity contribution in [2.24, 2.45) is 5.92 Å². The first-order chi connectivity index (χ1) is 8.70. The highest BCUT2D eigenvalue weighted by Gasteiger charge is 2.23. The van der Waals surface area contributed by atoms with Gasteiger partial charge in [-0.05, 0) is 31.4 Å². The van der Waals surface area contributed by atoms with Crippen LogP contribution in [0.5, 0.6) is 5.75 Å². The molecule has 1 heterocycles. The molecule has 0 unspecified atom stereocenters. The van der Waals surface area contributed by atoms with Gasteiger partial charge in [-0.3, -0.25) is 9.78 Å². The Bertz CT molecular complexity index is 425. The summed E-state index contributed by atoms with van der Waals surface area (Å²) in [6.07, 6.45) is 6.86. The third kappa shape index (κ3) is 3.07. The Hall–Kier alpha value is -1.42. The van der Waals surface area contributed by atoms with Crippen LogP contribution in [0.25, 0.3) is 0 Å². The normalized spacial score (nSPS) is 16.6. The van der Waals surface area contributed by atoms with Gasteiger partial charge in [-0.25, -0.2) is 0 Å². The standard InChI is InChI=1S/C14H19NO3/c1-10-13(7-11(9-16)8-15-10)18-14(17)12-5-3-2-4-6-12/h7-8,12,16H,2-6,9H2,1H3. The summed E-state index contributed by atoms with van der Waals surface area (Å²) >= 11 is 0. The van der Waals surface area contributed by atoms with Crippen molar-refractivity contribution in [2.75, 3.05) is 0 Å². The predicted octanol–water partition coefficient (Wildman–Crippen LogP) is 2.37. The number of hydrogen-bond donors (Lipinski definition) is 1. The average molecular weight is 249 g/mol. The molecule has 0 atom stereocenters. The monoisotopic (exact) mass is 249 g/mol. The van der Waals surface area contributed by atoms with Gasteiger partial charge in [0, 0.05) is 6.20 Å². The van der Waals surface area contributed by atoms with E-state index in [0.717, 1.165) is 25.7 Å². The lowest BCUT2D eigenvalue weighted by Crippen LogP contribution is -2.23. The van der Waals surface area contributed by atoms with E-state index < -0.39 is 0 Å². The minimum absolute atomic E-state index is 0.0240. The molecule has 1 aromatic heterocycles. The SMILES string of the molecule is Cc1ncc(CO)cc1OC(=O)C1CCCCC1. The number of aliphatic hydroxyl groups is 1. The van der Waals surface area contributed by atoms with Gasteiger partial charge in [0.2, 0.25) is 0 Å². The van der Waals surface area contributed by atoms with E-state index in [1.54, 1.807) is 19.2 Å². The second-order valence-corrected chi connectivity index (χ2v) is 4.84. The Kier molecular flexibility index (Phi) is 4.31. The molecule has 0 radical (unpaired) electrons. The van der Waals surface area contributed by atoms with E-state index >= 15 is 0 Å². The highest BCUT2D eigenvalue weighted by atomic mass is 16.5. The molecule has 18 heavy (non-hydrogen) atoms. The average Bonchev–Trinajstić information content (AvgIpc) is 2.42. The number of nitrogens with zero attached hydrogens (tertiary/aromatic N) is 1. The van der Waals surface area contributed by atoms with E-state index in [1.165, 1.54) is 6.42 Å². The Balaban J connectivity index is 2.05. The van der Waals surface area contributed by atoms with Crippen LogP contribution in [0, 0.1) is 12.8 Å². The first kappa shape index (κ1) is 13.0. The maximum absolute atomic E-state index is 12.0. The van der Waals surface area contributed by atoms with Gasteiger partial charge in [0.1, 0.15) is 0 Å². The van der Waals surface area contributed by atoms with E-state index in [4.69, 9.17) is 9.84 Å². The zero-order valence-electron chi connectivity index (χ0n) is 10.7. The molecule has 1 aliphatic carbocycles. The van der Waals surface area contributed by atoms with Crippen LogP contribution in [0.2, 0.25) is 0 Å². The van der Waals surface area contributed by atoms with Gasteiger partial charge < -0.3 is 9.84 Å². The molecule has 0 spiro atoms. The Morgan fingerprint density at radius 3 is 2.83 bits per heavy atom. The molecule has 0 aliphatic heterocycles. The van der Waals surface area contributed by atoms with Gasteiger partial charge in [-0.15, -0.1) is 0 Å². The molecule has 2 rings (SSSR count). The number of aryl methyl sites for hydroxylation is 1. The lowest BCUT2D eigenvalue weighted by molar-refractivity contribution is -0.140. The maximum atomic E-state index is 12.0. The number of aromatic nitrogens is 1. The highest BCUT2D eigenvalue weighted by Crippen LogP contribution is 2.26. The summed E-state index contributed by atoms with van der Waals surface area (Å²) in [5.41, 5.74) is 1.34. The third-order valence-corrected chi connectivity index (χ3v) is 3.43. The number of pyridine rings is 1. The van der Waals surface area contributed by atoms with E-state index in [9.17, 15) is 4.79 Å². The number of hydrogen-bond acceptors (Lipinski definition) is 4.